The fourth-order valence-corrected chi connectivity index (χ4v) is 0. The Morgan fingerprint density at radius 1 is 0.571 bits per heavy atom. The summed E-state index contributed by atoms with van der Waals surface area (Å²) in [7, 11) is 0. The molecule has 85 valence electrons. The van der Waals surface area contributed by atoms with Crippen LogP contribution in [0, 0.1) is 85.9 Å². The van der Waals surface area contributed by atoms with Crippen molar-refractivity contribution >= 4 is 0 Å². The Bertz CT molecular complexity index is 113. The van der Waals surface area contributed by atoms with Crippen molar-refractivity contribution < 1.29 is 60.7 Å². The van der Waals surface area contributed by atoms with Crippen molar-refractivity contribution in [2.45, 2.75) is 0 Å². The van der Waals surface area contributed by atoms with E-state index >= 15 is 0 Å². The summed E-state index contributed by atoms with van der Waals surface area (Å²) in [5.74, 6) is 0. The van der Waals surface area contributed by atoms with Gasteiger partial charge in [-0.1, -0.05) is 0 Å². The first-order valence-corrected chi connectivity index (χ1v) is 1.64. The fourth-order valence-electron chi connectivity index (χ4n) is 0. The maximum Gasteiger partial charge on any atom is 3.00 e. The molecule has 14 heteroatoms. The molecule has 2 N–H and O–H groups in total. The van der Waals surface area contributed by atoms with Crippen LogP contribution >= 0.6 is 0 Å². The van der Waals surface area contributed by atoms with Gasteiger partial charge < -0.3 is 51.4 Å². The van der Waals surface area contributed by atoms with Gasteiger partial charge in [-0.2, -0.15) is 0 Å². The number of hydrogen-bond donors (Lipinski definition) is 0. The van der Waals surface area contributed by atoms with Crippen molar-refractivity contribution in [2.24, 2.45) is 0 Å². The summed E-state index contributed by atoms with van der Waals surface area (Å²) in [4.78, 5) is 24.8. The van der Waals surface area contributed by atoms with E-state index in [0.29, 0.717) is 0 Å². The molecule has 13 nitrogen and oxygen atoms in total. The largest absolute Gasteiger partial charge is 3.00 e. The first-order valence-electron chi connectivity index (χ1n) is 1.64. The summed E-state index contributed by atoms with van der Waals surface area (Å²) in [5, 5.41) is 44.2. The van der Waals surface area contributed by atoms with Gasteiger partial charge in [-0.3, -0.25) is 0 Å². The van der Waals surface area contributed by atoms with Gasteiger partial charge >= 0.3 is 39.9 Å². The van der Waals surface area contributed by atoms with Crippen LogP contribution < -0.4 is 0 Å². The molecule has 0 aliphatic rings. The quantitative estimate of drug-likeness (QED) is 0.358. The van der Waals surface area contributed by atoms with Crippen molar-refractivity contribution in [3.63, 3.8) is 0 Å². The minimum absolute atomic E-state index is 0. The number of rotatable bonds is 0. The molecule has 0 saturated heterocycles. The van der Waals surface area contributed by atoms with Crippen LogP contribution in [0.5, 0.6) is 0 Å². The zero-order chi connectivity index (χ0) is 10.7. The summed E-state index contributed by atoms with van der Waals surface area (Å²) in [6.07, 6.45) is 0. The molecule has 0 aromatic rings. The molecule has 0 atom stereocenters. The van der Waals surface area contributed by atoms with Crippen LogP contribution in [0.3, 0.4) is 0 Å². The standard InChI is InChI=1S/Gd.3NO3.H2O/c;3*2-1(3)4;/h;;;;1H2/q+3;3*-1;. The van der Waals surface area contributed by atoms with Crippen LogP contribution in [-0.4, -0.2) is 20.7 Å². The zero-order valence-electron chi connectivity index (χ0n) is 5.87. The SMILES string of the molecule is O.O=[N+]([O-])[O-].O=[N+]([O-])[O-].O=[N+]([O-])[O-].[Gd+3]. The first kappa shape index (κ1) is 29.3. The van der Waals surface area contributed by atoms with E-state index in [0.717, 1.165) is 0 Å². The second kappa shape index (κ2) is 22.6. The second-order valence-corrected chi connectivity index (χ2v) is 0.671. The first-order chi connectivity index (χ1) is 5.20. The van der Waals surface area contributed by atoms with E-state index in [-0.39, 0.29) is 45.4 Å². The molecular weight excluding hydrogens is 359 g/mol. The van der Waals surface area contributed by atoms with Crippen molar-refractivity contribution in [3.05, 3.63) is 46.0 Å². The summed E-state index contributed by atoms with van der Waals surface area (Å²) < 4.78 is 0. The van der Waals surface area contributed by atoms with Crippen LogP contribution in [0.15, 0.2) is 0 Å². The van der Waals surface area contributed by atoms with Gasteiger partial charge in [0.25, 0.3) is 0 Å². The molecule has 0 amide bonds. The smallest absolute Gasteiger partial charge is 0.412 e. The fraction of sp³-hybridized carbons (Fsp3) is 0. The van der Waals surface area contributed by atoms with Gasteiger partial charge in [-0.25, -0.2) is 0 Å². The van der Waals surface area contributed by atoms with Crippen LogP contribution in [0.25, 0.3) is 0 Å². The number of hydrogen-bond acceptors (Lipinski definition) is 9. The van der Waals surface area contributed by atoms with Crippen LogP contribution in [0.2, 0.25) is 0 Å². The Labute approximate surface area is 106 Å². The Hall–Kier alpha value is -1.12. The predicted molar refractivity (Wildman–Crippen MR) is 34.7 cm³/mol. The summed E-state index contributed by atoms with van der Waals surface area (Å²) in [6, 6.07) is 0. The van der Waals surface area contributed by atoms with Gasteiger partial charge in [0, 0.05) is 0 Å². The Morgan fingerprint density at radius 2 is 0.571 bits per heavy atom. The molecule has 0 heterocycles. The normalized spacial score (nSPS) is 5.14. The molecule has 0 aromatic carbocycles. The third-order valence-electron chi connectivity index (χ3n) is 0. The molecule has 0 bridgehead atoms. The average molecular weight is 361 g/mol. The van der Waals surface area contributed by atoms with Gasteiger partial charge in [0.1, 0.15) is 0 Å². The minimum atomic E-state index is -1.75. The Kier molecular flexibility index (Phi) is 47.4. The predicted octanol–water partition coefficient (Wildman–Crippen LogP) is -1.54. The minimum Gasteiger partial charge on any atom is -0.412 e. The molecule has 0 aliphatic heterocycles. The molecule has 1 radical (unpaired) electrons. The molecule has 0 aliphatic carbocycles. The Morgan fingerprint density at radius 3 is 0.571 bits per heavy atom. The van der Waals surface area contributed by atoms with Gasteiger partial charge in [-0.15, -0.1) is 0 Å². The van der Waals surface area contributed by atoms with E-state index in [1.54, 1.807) is 0 Å². The van der Waals surface area contributed by atoms with E-state index in [1.807, 2.05) is 0 Å². The van der Waals surface area contributed by atoms with Crippen LogP contribution in [-0.2, 0) is 0 Å². The third-order valence-corrected chi connectivity index (χ3v) is 0. The van der Waals surface area contributed by atoms with E-state index in [1.165, 1.54) is 0 Å². The van der Waals surface area contributed by atoms with Crippen LogP contribution in [0.1, 0.15) is 0 Å². The van der Waals surface area contributed by atoms with E-state index < -0.39 is 15.3 Å². The summed E-state index contributed by atoms with van der Waals surface area (Å²) in [6.45, 7) is 0. The van der Waals surface area contributed by atoms with Crippen molar-refractivity contribution in [3.8, 4) is 0 Å². The molecule has 0 aromatic heterocycles. The summed E-state index contributed by atoms with van der Waals surface area (Å²) in [5.41, 5.74) is 0. The Balaban J connectivity index is -0.0000000270. The molecule has 0 spiro atoms. The van der Waals surface area contributed by atoms with Gasteiger partial charge in [0.2, 0.25) is 0 Å². The third kappa shape index (κ3) is 855. The maximum absolute atomic E-state index is 8.25. The summed E-state index contributed by atoms with van der Waals surface area (Å²) >= 11 is 0. The van der Waals surface area contributed by atoms with Gasteiger partial charge in [0.15, 0.2) is 0 Å². The monoisotopic (exact) mass is 362 g/mol. The molecule has 0 unspecified atom stereocenters. The average Bonchev–Trinajstić information content (AvgIpc) is 1.54. The van der Waals surface area contributed by atoms with Crippen molar-refractivity contribution in [2.75, 3.05) is 0 Å². The van der Waals surface area contributed by atoms with Gasteiger partial charge in [0.05, 0.1) is 15.3 Å². The van der Waals surface area contributed by atoms with Gasteiger partial charge in [-0.05, 0) is 0 Å². The maximum atomic E-state index is 8.25. The molecular formula is H2GdN3O10. The molecule has 0 rings (SSSR count). The van der Waals surface area contributed by atoms with Crippen molar-refractivity contribution in [1.82, 2.24) is 0 Å². The van der Waals surface area contributed by atoms with Crippen LogP contribution in [0.4, 0.5) is 0 Å². The van der Waals surface area contributed by atoms with E-state index in [9.17, 15) is 0 Å². The molecule has 0 saturated carbocycles. The molecule has 14 heavy (non-hydrogen) atoms. The second-order valence-electron chi connectivity index (χ2n) is 0.671. The molecule has 0 fully saturated rings. The van der Waals surface area contributed by atoms with E-state index in [4.69, 9.17) is 46.0 Å². The van der Waals surface area contributed by atoms with E-state index in [2.05, 4.69) is 0 Å². The number of nitrogens with zero attached hydrogens (tertiary/aromatic N) is 3. The topological polar surface area (TPSA) is 230 Å². The zero-order valence-corrected chi connectivity index (χ0v) is 8.14. The van der Waals surface area contributed by atoms with Crippen molar-refractivity contribution in [1.29, 1.82) is 0 Å².